The van der Waals surface area contributed by atoms with E-state index in [1.54, 1.807) is 0 Å². The highest BCUT2D eigenvalue weighted by Crippen LogP contribution is 2.45. The Morgan fingerprint density at radius 1 is 0.944 bits per heavy atom. The molecule has 0 unspecified atom stereocenters. The number of para-hydroxylation sites is 1. The van der Waals surface area contributed by atoms with E-state index in [-0.39, 0.29) is 11.6 Å². The molecule has 3 aliphatic rings. The van der Waals surface area contributed by atoms with Crippen molar-refractivity contribution in [3.63, 3.8) is 0 Å². The van der Waals surface area contributed by atoms with E-state index >= 15 is 0 Å². The van der Waals surface area contributed by atoms with Crippen molar-refractivity contribution in [2.75, 3.05) is 49.5 Å². The summed E-state index contributed by atoms with van der Waals surface area (Å²) in [5, 5.41) is 15.4. The fourth-order valence-electron chi connectivity index (χ4n) is 6.22. The number of carbonyl (C=O) groups is 1. The van der Waals surface area contributed by atoms with Crippen LogP contribution >= 0.6 is 0 Å². The number of piperidine rings is 1. The van der Waals surface area contributed by atoms with Crippen LogP contribution in [0.4, 0.5) is 16.2 Å². The predicted octanol–water partition coefficient (Wildman–Crippen LogP) is 5.37. The molecule has 2 aliphatic heterocycles. The molecular formula is C29H39N5O2. The third kappa shape index (κ3) is 5.21. The van der Waals surface area contributed by atoms with Gasteiger partial charge in [-0.05, 0) is 61.4 Å². The maximum Gasteiger partial charge on any atom is 0.321 e. The SMILES string of the molecule is CC1CCC(c2cccc(NC(=O)N3CCC(=NO)CC3)c2)(N2CCN(c3ccccc3)CC2)CC1. The van der Waals surface area contributed by atoms with Gasteiger partial charge in [-0.3, -0.25) is 4.90 Å². The number of urea groups is 1. The normalized spacial score (nSPS) is 25.5. The van der Waals surface area contributed by atoms with Crippen molar-refractivity contribution in [2.24, 2.45) is 11.1 Å². The summed E-state index contributed by atoms with van der Waals surface area (Å²) in [5.41, 5.74) is 4.28. The molecule has 0 aromatic heterocycles. The number of carbonyl (C=O) groups excluding carboxylic acids is 1. The first-order valence-electron chi connectivity index (χ1n) is 13.5. The van der Waals surface area contributed by atoms with Gasteiger partial charge >= 0.3 is 6.03 Å². The zero-order valence-electron chi connectivity index (χ0n) is 21.4. The quantitative estimate of drug-likeness (QED) is 0.447. The predicted molar refractivity (Wildman–Crippen MR) is 145 cm³/mol. The van der Waals surface area contributed by atoms with Gasteiger partial charge in [0, 0.05) is 69.0 Å². The minimum atomic E-state index is -0.0769. The van der Waals surface area contributed by atoms with Crippen molar-refractivity contribution in [1.82, 2.24) is 9.80 Å². The molecule has 192 valence electrons. The number of piperazine rings is 1. The highest BCUT2D eigenvalue weighted by atomic mass is 16.4. The lowest BCUT2D eigenvalue weighted by molar-refractivity contribution is 0.0299. The van der Waals surface area contributed by atoms with Crippen LogP contribution in [0.2, 0.25) is 0 Å². The molecule has 2 aromatic carbocycles. The first-order valence-corrected chi connectivity index (χ1v) is 13.5. The average molecular weight is 490 g/mol. The van der Waals surface area contributed by atoms with Crippen molar-refractivity contribution in [3.05, 3.63) is 60.2 Å². The Balaban J connectivity index is 1.31. The summed E-state index contributed by atoms with van der Waals surface area (Å²) in [6.07, 6.45) is 6.04. The number of likely N-dealkylation sites (tertiary alicyclic amines) is 1. The molecule has 1 saturated carbocycles. The van der Waals surface area contributed by atoms with Crippen molar-refractivity contribution >= 4 is 23.1 Å². The fourth-order valence-corrected chi connectivity index (χ4v) is 6.22. The van der Waals surface area contributed by atoms with E-state index < -0.39 is 0 Å². The molecule has 7 heteroatoms. The number of benzene rings is 2. The number of nitrogens with zero attached hydrogens (tertiary/aromatic N) is 4. The van der Waals surface area contributed by atoms with E-state index in [2.05, 4.69) is 75.7 Å². The number of anilines is 2. The lowest BCUT2D eigenvalue weighted by Gasteiger charge is -2.51. The standard InChI is InChI=1S/C29H39N5O2/c1-23-10-14-29(15-11-23,34-20-18-32(19-21-34)27-8-3-2-4-9-27)24-6-5-7-26(22-24)30-28(35)33-16-12-25(31-36)13-17-33/h2-9,22-23,36H,10-21H2,1H3,(H,30,35). The Kier molecular flexibility index (Phi) is 7.46. The van der Waals surface area contributed by atoms with Gasteiger partial charge in [0.25, 0.3) is 0 Å². The average Bonchev–Trinajstić information content (AvgIpc) is 2.94. The lowest BCUT2D eigenvalue weighted by atomic mass is 9.71. The zero-order valence-corrected chi connectivity index (χ0v) is 21.4. The van der Waals surface area contributed by atoms with Crippen LogP contribution in [-0.4, -0.2) is 66.0 Å². The van der Waals surface area contributed by atoms with Crippen LogP contribution in [-0.2, 0) is 5.54 Å². The van der Waals surface area contributed by atoms with Crippen LogP contribution < -0.4 is 10.2 Å². The van der Waals surface area contributed by atoms with Gasteiger partial charge in [-0.15, -0.1) is 0 Å². The molecule has 0 spiro atoms. The molecule has 0 bridgehead atoms. The minimum Gasteiger partial charge on any atom is -0.411 e. The Morgan fingerprint density at radius 2 is 1.64 bits per heavy atom. The van der Waals surface area contributed by atoms with Crippen molar-refractivity contribution in [3.8, 4) is 0 Å². The molecule has 2 heterocycles. The highest BCUT2D eigenvalue weighted by molar-refractivity contribution is 5.92. The van der Waals surface area contributed by atoms with Crippen LogP contribution in [0.15, 0.2) is 59.8 Å². The smallest absolute Gasteiger partial charge is 0.321 e. The Bertz CT molecular complexity index is 1050. The highest BCUT2D eigenvalue weighted by Gasteiger charge is 2.42. The van der Waals surface area contributed by atoms with Gasteiger partial charge < -0.3 is 20.3 Å². The van der Waals surface area contributed by atoms with Crippen molar-refractivity contribution < 1.29 is 10.0 Å². The van der Waals surface area contributed by atoms with Crippen LogP contribution in [0.25, 0.3) is 0 Å². The van der Waals surface area contributed by atoms with E-state index in [0.29, 0.717) is 25.9 Å². The van der Waals surface area contributed by atoms with Crippen LogP contribution in [0.3, 0.4) is 0 Å². The summed E-state index contributed by atoms with van der Waals surface area (Å²) in [6.45, 7) is 7.69. The second-order valence-electron chi connectivity index (χ2n) is 10.7. The van der Waals surface area contributed by atoms with E-state index in [0.717, 1.165) is 56.3 Å². The van der Waals surface area contributed by atoms with E-state index in [9.17, 15) is 4.79 Å². The number of oxime groups is 1. The maximum atomic E-state index is 12.9. The van der Waals surface area contributed by atoms with Gasteiger partial charge in [-0.2, -0.15) is 0 Å². The van der Waals surface area contributed by atoms with Gasteiger partial charge in [-0.25, -0.2) is 4.79 Å². The lowest BCUT2D eigenvalue weighted by Crippen LogP contribution is -2.56. The summed E-state index contributed by atoms with van der Waals surface area (Å²) in [6, 6.07) is 19.2. The van der Waals surface area contributed by atoms with Crippen molar-refractivity contribution in [1.29, 1.82) is 0 Å². The van der Waals surface area contributed by atoms with Gasteiger partial charge in [0.15, 0.2) is 0 Å². The summed E-state index contributed by atoms with van der Waals surface area (Å²) in [5.74, 6) is 0.762. The largest absolute Gasteiger partial charge is 0.411 e. The second-order valence-corrected chi connectivity index (χ2v) is 10.7. The minimum absolute atomic E-state index is 0.0215. The molecule has 2 aromatic rings. The fraction of sp³-hybridized carbons (Fsp3) is 0.517. The van der Waals surface area contributed by atoms with Crippen LogP contribution in [0, 0.1) is 5.92 Å². The first kappa shape index (κ1) is 24.6. The summed E-state index contributed by atoms with van der Waals surface area (Å²) < 4.78 is 0. The van der Waals surface area contributed by atoms with Crippen LogP contribution in [0.5, 0.6) is 0 Å². The number of hydrogen-bond donors (Lipinski definition) is 2. The van der Waals surface area contributed by atoms with Gasteiger partial charge in [0.1, 0.15) is 0 Å². The molecule has 1 aliphatic carbocycles. The van der Waals surface area contributed by atoms with E-state index in [1.807, 2.05) is 11.0 Å². The first-order chi connectivity index (χ1) is 17.6. The van der Waals surface area contributed by atoms with Gasteiger partial charge in [-0.1, -0.05) is 42.4 Å². The summed E-state index contributed by atoms with van der Waals surface area (Å²) in [7, 11) is 0. The van der Waals surface area contributed by atoms with E-state index in [1.165, 1.54) is 24.1 Å². The second kappa shape index (κ2) is 10.9. The third-order valence-corrected chi connectivity index (χ3v) is 8.53. The summed E-state index contributed by atoms with van der Waals surface area (Å²) >= 11 is 0. The Hall–Kier alpha value is -3.06. The van der Waals surface area contributed by atoms with Gasteiger partial charge in [0.05, 0.1) is 5.71 Å². The molecule has 0 atom stereocenters. The van der Waals surface area contributed by atoms with Crippen molar-refractivity contribution in [2.45, 2.75) is 51.0 Å². The van der Waals surface area contributed by atoms with Gasteiger partial charge in [0.2, 0.25) is 0 Å². The van der Waals surface area contributed by atoms with Crippen LogP contribution in [0.1, 0.15) is 51.0 Å². The Morgan fingerprint density at radius 3 is 2.31 bits per heavy atom. The van der Waals surface area contributed by atoms with E-state index in [4.69, 9.17) is 5.21 Å². The molecular weight excluding hydrogens is 450 g/mol. The number of nitrogens with one attached hydrogen (secondary N) is 1. The molecule has 0 radical (unpaired) electrons. The molecule has 3 fully saturated rings. The molecule has 7 nitrogen and oxygen atoms in total. The Labute approximate surface area is 214 Å². The molecule has 36 heavy (non-hydrogen) atoms. The topological polar surface area (TPSA) is 71.4 Å². The number of amides is 2. The molecule has 2 N–H and O–H groups in total. The third-order valence-electron chi connectivity index (χ3n) is 8.53. The number of rotatable bonds is 4. The maximum absolute atomic E-state index is 12.9. The molecule has 2 saturated heterocycles. The molecule has 5 rings (SSSR count). The molecule has 2 amide bonds. The monoisotopic (exact) mass is 489 g/mol. The number of hydrogen-bond acceptors (Lipinski definition) is 5. The summed E-state index contributed by atoms with van der Waals surface area (Å²) in [4.78, 5) is 20.0. The zero-order chi connectivity index (χ0) is 25.0.